The van der Waals surface area contributed by atoms with Crippen LogP contribution in [0.3, 0.4) is 0 Å². The van der Waals surface area contributed by atoms with E-state index in [1.54, 1.807) is 0 Å². The van der Waals surface area contributed by atoms with Crippen LogP contribution in [0.2, 0.25) is 0 Å². The van der Waals surface area contributed by atoms with E-state index in [4.69, 9.17) is 0 Å². The van der Waals surface area contributed by atoms with E-state index in [-0.39, 0.29) is 6.29 Å². The van der Waals surface area contributed by atoms with Gasteiger partial charge in [-0.1, -0.05) is 29.8 Å². The average Bonchev–Trinajstić information content (AvgIpc) is 2.73. The number of nitrogens with zero attached hydrogens (tertiary/aromatic N) is 3. The number of hydrazone groups is 1. The number of aryl methyl sites for hydroxylation is 1. The zero-order chi connectivity index (χ0) is 12.7. The van der Waals surface area contributed by atoms with Gasteiger partial charge in [0, 0.05) is 0 Å². The van der Waals surface area contributed by atoms with Gasteiger partial charge in [-0.05, 0) is 26.3 Å². The van der Waals surface area contributed by atoms with Gasteiger partial charge in [-0.3, -0.25) is 0 Å². The van der Waals surface area contributed by atoms with Crippen LogP contribution in [0.1, 0.15) is 25.0 Å². The first-order chi connectivity index (χ1) is 8.63. The maximum absolute atomic E-state index is 4.57. The third-order valence-corrected chi connectivity index (χ3v) is 3.26. The lowest BCUT2D eigenvalue weighted by Gasteiger charge is -2.22. The number of nitrogens with one attached hydrogen (secondary N) is 1. The molecule has 1 atom stereocenters. The first-order valence-electron chi connectivity index (χ1n) is 6.07. The van der Waals surface area contributed by atoms with E-state index in [0.29, 0.717) is 0 Å². The summed E-state index contributed by atoms with van der Waals surface area (Å²) in [5.74, 6) is 0. The van der Waals surface area contributed by atoms with Crippen molar-refractivity contribution in [2.45, 2.75) is 27.1 Å². The summed E-state index contributed by atoms with van der Waals surface area (Å²) in [6.07, 6.45) is 1.92. The van der Waals surface area contributed by atoms with Crippen LogP contribution in [0.5, 0.6) is 0 Å². The Kier molecular flexibility index (Phi) is 2.44. The molecule has 1 aromatic rings. The molecule has 0 bridgehead atoms. The SMILES string of the molecule is CC1=NC2NC(c3ccc(C)cc3)=CN2N=C1C. The standard InChI is InChI=1S/C14H16N4/c1-9-4-6-12(7-5-9)13-8-18-14(16-13)15-10(2)11(3)17-18/h4-8,14,16H,1-3H3. The minimum Gasteiger partial charge on any atom is -0.344 e. The smallest absolute Gasteiger partial charge is 0.216 e. The molecule has 2 aliphatic heterocycles. The lowest BCUT2D eigenvalue weighted by atomic mass is 10.1. The van der Waals surface area contributed by atoms with Gasteiger partial charge in [0.05, 0.1) is 23.3 Å². The summed E-state index contributed by atoms with van der Waals surface area (Å²) >= 11 is 0. The summed E-state index contributed by atoms with van der Waals surface area (Å²) in [7, 11) is 0. The first kappa shape index (κ1) is 11.0. The summed E-state index contributed by atoms with van der Waals surface area (Å²) in [5.41, 5.74) is 5.44. The Hall–Kier alpha value is -2.10. The Morgan fingerprint density at radius 1 is 1.06 bits per heavy atom. The Labute approximate surface area is 107 Å². The average molecular weight is 240 g/mol. The number of benzene rings is 1. The zero-order valence-corrected chi connectivity index (χ0v) is 10.8. The molecule has 0 fully saturated rings. The number of fused-ring (bicyclic) bond motifs is 1. The maximum atomic E-state index is 4.57. The number of rotatable bonds is 1. The second-order valence-electron chi connectivity index (χ2n) is 4.71. The molecule has 0 amide bonds. The Morgan fingerprint density at radius 3 is 2.50 bits per heavy atom. The third kappa shape index (κ3) is 1.79. The fraction of sp³-hybridized carbons (Fsp3) is 0.286. The monoisotopic (exact) mass is 240 g/mol. The van der Waals surface area contributed by atoms with E-state index < -0.39 is 0 Å². The second kappa shape index (κ2) is 3.98. The van der Waals surface area contributed by atoms with Crippen molar-refractivity contribution in [2.75, 3.05) is 0 Å². The largest absolute Gasteiger partial charge is 0.344 e. The van der Waals surface area contributed by atoms with Crippen LogP contribution in [-0.4, -0.2) is 22.7 Å². The summed E-state index contributed by atoms with van der Waals surface area (Å²) < 4.78 is 0. The fourth-order valence-electron chi connectivity index (χ4n) is 2.03. The Bertz CT molecular complexity index is 566. The summed E-state index contributed by atoms with van der Waals surface area (Å²) in [4.78, 5) is 4.57. The van der Waals surface area contributed by atoms with Crippen LogP contribution in [0, 0.1) is 6.92 Å². The molecule has 0 spiro atoms. The summed E-state index contributed by atoms with van der Waals surface area (Å²) in [6.45, 7) is 6.05. The van der Waals surface area contributed by atoms with Gasteiger partial charge in [0.2, 0.25) is 6.29 Å². The van der Waals surface area contributed by atoms with Crippen molar-refractivity contribution in [1.82, 2.24) is 10.3 Å². The number of hydrogen-bond donors (Lipinski definition) is 1. The summed E-state index contributed by atoms with van der Waals surface area (Å²) in [5, 5.41) is 9.74. The molecule has 0 saturated heterocycles. The van der Waals surface area contributed by atoms with E-state index in [1.807, 2.05) is 25.1 Å². The molecule has 0 aliphatic carbocycles. The minimum absolute atomic E-state index is 0.0926. The molecule has 4 heteroatoms. The van der Waals surface area contributed by atoms with E-state index in [9.17, 15) is 0 Å². The van der Waals surface area contributed by atoms with Crippen molar-refractivity contribution in [3.8, 4) is 0 Å². The van der Waals surface area contributed by atoms with Crippen LogP contribution < -0.4 is 5.32 Å². The van der Waals surface area contributed by atoms with E-state index >= 15 is 0 Å². The van der Waals surface area contributed by atoms with Crippen LogP contribution in [0.15, 0.2) is 40.6 Å². The van der Waals surface area contributed by atoms with Crippen LogP contribution in [-0.2, 0) is 0 Å². The highest BCUT2D eigenvalue weighted by Gasteiger charge is 2.26. The fourth-order valence-corrected chi connectivity index (χ4v) is 2.03. The molecule has 0 aromatic heterocycles. The van der Waals surface area contributed by atoms with Gasteiger partial charge < -0.3 is 5.32 Å². The van der Waals surface area contributed by atoms with Gasteiger partial charge >= 0.3 is 0 Å². The van der Waals surface area contributed by atoms with Crippen molar-refractivity contribution >= 4 is 17.1 Å². The molecule has 3 rings (SSSR count). The highest BCUT2D eigenvalue weighted by molar-refractivity contribution is 6.40. The normalized spacial score (nSPS) is 21.8. The molecule has 1 unspecified atom stereocenters. The van der Waals surface area contributed by atoms with Crippen LogP contribution in [0.25, 0.3) is 5.70 Å². The molecule has 1 aromatic carbocycles. The highest BCUT2D eigenvalue weighted by Crippen LogP contribution is 2.23. The highest BCUT2D eigenvalue weighted by atomic mass is 15.6. The molecule has 4 nitrogen and oxygen atoms in total. The van der Waals surface area contributed by atoms with Crippen molar-refractivity contribution in [1.29, 1.82) is 0 Å². The van der Waals surface area contributed by atoms with E-state index in [2.05, 4.69) is 46.6 Å². The first-order valence-corrected chi connectivity index (χ1v) is 6.07. The quantitative estimate of drug-likeness (QED) is 0.818. The number of hydrogen-bond acceptors (Lipinski definition) is 4. The molecule has 18 heavy (non-hydrogen) atoms. The molecule has 2 aliphatic rings. The maximum Gasteiger partial charge on any atom is 0.216 e. The van der Waals surface area contributed by atoms with Gasteiger partial charge in [0.25, 0.3) is 0 Å². The van der Waals surface area contributed by atoms with Crippen molar-refractivity contribution < 1.29 is 0 Å². The molecule has 2 heterocycles. The third-order valence-electron chi connectivity index (χ3n) is 3.26. The predicted octanol–water partition coefficient (Wildman–Crippen LogP) is 2.33. The lowest BCUT2D eigenvalue weighted by Crippen LogP contribution is -2.36. The molecule has 1 N–H and O–H groups in total. The molecule has 92 valence electrons. The van der Waals surface area contributed by atoms with Crippen LogP contribution in [0.4, 0.5) is 0 Å². The Morgan fingerprint density at radius 2 is 1.78 bits per heavy atom. The van der Waals surface area contributed by atoms with Crippen molar-refractivity contribution in [3.05, 3.63) is 41.6 Å². The van der Waals surface area contributed by atoms with Gasteiger partial charge in [0.1, 0.15) is 0 Å². The van der Waals surface area contributed by atoms with E-state index in [1.165, 1.54) is 5.56 Å². The Balaban J connectivity index is 1.90. The second-order valence-corrected chi connectivity index (χ2v) is 4.71. The van der Waals surface area contributed by atoms with Gasteiger partial charge in [0.15, 0.2) is 0 Å². The van der Waals surface area contributed by atoms with Crippen molar-refractivity contribution in [2.24, 2.45) is 10.1 Å². The minimum atomic E-state index is -0.0926. The number of aliphatic imine (C=N–C) groups is 1. The van der Waals surface area contributed by atoms with Gasteiger partial charge in [-0.2, -0.15) is 5.10 Å². The topological polar surface area (TPSA) is 40.0 Å². The molecule has 0 radical (unpaired) electrons. The van der Waals surface area contributed by atoms with E-state index in [0.717, 1.165) is 22.7 Å². The summed E-state index contributed by atoms with van der Waals surface area (Å²) in [6, 6.07) is 8.44. The lowest BCUT2D eigenvalue weighted by molar-refractivity contribution is 0.298. The van der Waals surface area contributed by atoms with Crippen molar-refractivity contribution in [3.63, 3.8) is 0 Å². The predicted molar refractivity (Wildman–Crippen MR) is 74.1 cm³/mol. The zero-order valence-electron chi connectivity index (χ0n) is 10.8. The molecular weight excluding hydrogens is 224 g/mol. The van der Waals surface area contributed by atoms with Gasteiger partial charge in [-0.25, -0.2) is 10.0 Å². The molecular formula is C14H16N4. The van der Waals surface area contributed by atoms with Crippen LogP contribution >= 0.6 is 0 Å². The molecule has 0 saturated carbocycles. The van der Waals surface area contributed by atoms with Gasteiger partial charge in [-0.15, -0.1) is 0 Å².